The summed E-state index contributed by atoms with van der Waals surface area (Å²) in [4.78, 5) is 21.4. The van der Waals surface area contributed by atoms with Crippen molar-refractivity contribution in [1.82, 2.24) is 14.9 Å². The third-order valence-corrected chi connectivity index (χ3v) is 4.92. The van der Waals surface area contributed by atoms with E-state index in [0.29, 0.717) is 20.1 Å². The number of amides is 1. The highest BCUT2D eigenvalue weighted by Crippen LogP contribution is 2.34. The van der Waals surface area contributed by atoms with Crippen LogP contribution in [0.15, 0.2) is 22.1 Å². The summed E-state index contributed by atoms with van der Waals surface area (Å²) in [5.74, 6) is -0.588. The molecule has 0 N–H and O–H groups in total. The van der Waals surface area contributed by atoms with Crippen LogP contribution in [0.5, 0.6) is 0 Å². The van der Waals surface area contributed by atoms with Gasteiger partial charge in [-0.3, -0.25) is 0 Å². The van der Waals surface area contributed by atoms with Gasteiger partial charge in [-0.25, -0.2) is 14.8 Å². The first-order chi connectivity index (χ1) is 10.7. The van der Waals surface area contributed by atoms with Crippen LogP contribution in [-0.4, -0.2) is 33.5 Å². The van der Waals surface area contributed by atoms with Crippen molar-refractivity contribution in [1.29, 1.82) is 0 Å². The standard InChI is InChI=1S/C15H17BrFN3O2S/c1-15(2,3)20(4)14(21)22-8-10-19-11(12(16)23-10)9-6-5-7-18-13(9)17/h5-7H,8H2,1-4H3. The van der Waals surface area contributed by atoms with E-state index in [-0.39, 0.29) is 12.1 Å². The van der Waals surface area contributed by atoms with Gasteiger partial charge >= 0.3 is 6.09 Å². The average Bonchev–Trinajstić information content (AvgIpc) is 2.84. The summed E-state index contributed by atoms with van der Waals surface area (Å²) in [6.45, 7) is 5.77. The van der Waals surface area contributed by atoms with Gasteiger partial charge in [-0.05, 0) is 48.8 Å². The number of hydrogen-bond donors (Lipinski definition) is 0. The van der Waals surface area contributed by atoms with Crippen LogP contribution in [0.4, 0.5) is 9.18 Å². The van der Waals surface area contributed by atoms with E-state index in [1.54, 1.807) is 19.2 Å². The molecule has 0 radical (unpaired) electrons. The van der Waals surface area contributed by atoms with Crippen LogP contribution in [-0.2, 0) is 11.3 Å². The first-order valence-corrected chi connectivity index (χ1v) is 8.47. The summed E-state index contributed by atoms with van der Waals surface area (Å²) in [6, 6.07) is 3.24. The number of thiazole rings is 1. The van der Waals surface area contributed by atoms with Crippen molar-refractivity contribution < 1.29 is 13.9 Å². The number of aromatic nitrogens is 2. The first-order valence-electron chi connectivity index (χ1n) is 6.87. The number of halogens is 2. The zero-order chi connectivity index (χ0) is 17.2. The Morgan fingerprint density at radius 2 is 2.17 bits per heavy atom. The molecule has 0 aliphatic heterocycles. The van der Waals surface area contributed by atoms with Crippen molar-refractivity contribution in [2.75, 3.05) is 7.05 Å². The SMILES string of the molecule is CN(C(=O)OCc1nc(-c2cccnc2F)c(Br)s1)C(C)(C)C. The minimum absolute atomic E-state index is 0.0321. The fraction of sp³-hybridized carbons (Fsp3) is 0.400. The Balaban J connectivity index is 2.11. The number of carbonyl (C=O) groups excluding carboxylic acids is 1. The zero-order valence-corrected chi connectivity index (χ0v) is 15.7. The lowest BCUT2D eigenvalue weighted by Crippen LogP contribution is -2.42. The molecule has 0 aliphatic carbocycles. The molecule has 0 atom stereocenters. The van der Waals surface area contributed by atoms with E-state index in [1.807, 2.05) is 20.8 Å². The number of hydrogen-bond acceptors (Lipinski definition) is 5. The zero-order valence-electron chi connectivity index (χ0n) is 13.3. The molecule has 0 fully saturated rings. The molecular formula is C15H17BrFN3O2S. The van der Waals surface area contributed by atoms with Crippen molar-refractivity contribution in [3.05, 3.63) is 33.1 Å². The molecule has 0 unspecified atom stereocenters. The molecule has 0 aliphatic rings. The average molecular weight is 402 g/mol. The van der Waals surface area contributed by atoms with E-state index in [1.165, 1.54) is 22.4 Å². The van der Waals surface area contributed by atoms with Gasteiger partial charge in [0.25, 0.3) is 0 Å². The van der Waals surface area contributed by atoms with Crippen LogP contribution in [0.2, 0.25) is 0 Å². The molecule has 2 aromatic heterocycles. The normalized spacial score (nSPS) is 11.4. The van der Waals surface area contributed by atoms with E-state index in [4.69, 9.17) is 4.74 Å². The summed E-state index contributed by atoms with van der Waals surface area (Å²) in [5, 5.41) is 0.575. The summed E-state index contributed by atoms with van der Waals surface area (Å²) in [7, 11) is 1.68. The molecule has 5 nitrogen and oxygen atoms in total. The molecule has 2 aromatic rings. The van der Waals surface area contributed by atoms with E-state index in [9.17, 15) is 9.18 Å². The highest BCUT2D eigenvalue weighted by atomic mass is 79.9. The van der Waals surface area contributed by atoms with Crippen molar-refractivity contribution in [3.8, 4) is 11.3 Å². The molecular weight excluding hydrogens is 385 g/mol. The molecule has 0 aromatic carbocycles. The third-order valence-electron chi connectivity index (χ3n) is 3.24. The molecule has 0 spiro atoms. The van der Waals surface area contributed by atoms with Crippen LogP contribution < -0.4 is 0 Å². The topological polar surface area (TPSA) is 55.3 Å². The summed E-state index contributed by atoms with van der Waals surface area (Å²) < 4.78 is 19.7. The van der Waals surface area contributed by atoms with Gasteiger partial charge in [0.1, 0.15) is 17.3 Å². The van der Waals surface area contributed by atoms with Crippen molar-refractivity contribution in [2.24, 2.45) is 0 Å². The molecule has 2 rings (SSSR count). The van der Waals surface area contributed by atoms with Gasteiger partial charge in [-0.2, -0.15) is 4.39 Å². The van der Waals surface area contributed by atoms with Crippen molar-refractivity contribution in [2.45, 2.75) is 32.9 Å². The Bertz CT molecular complexity index is 715. The first kappa shape index (κ1) is 17.8. The van der Waals surface area contributed by atoms with Crippen LogP contribution in [0.25, 0.3) is 11.3 Å². The Labute approximate surface area is 146 Å². The second-order valence-electron chi connectivity index (χ2n) is 5.86. The second-order valence-corrected chi connectivity index (χ2v) is 8.26. The molecule has 8 heteroatoms. The predicted molar refractivity (Wildman–Crippen MR) is 90.7 cm³/mol. The van der Waals surface area contributed by atoms with Gasteiger partial charge in [0.2, 0.25) is 5.95 Å². The van der Waals surface area contributed by atoms with E-state index >= 15 is 0 Å². The van der Waals surface area contributed by atoms with Crippen molar-refractivity contribution >= 4 is 33.4 Å². The summed E-state index contributed by atoms with van der Waals surface area (Å²) >= 11 is 4.66. The summed E-state index contributed by atoms with van der Waals surface area (Å²) in [5.41, 5.74) is 0.431. The van der Waals surface area contributed by atoms with Crippen molar-refractivity contribution in [3.63, 3.8) is 0 Å². The van der Waals surface area contributed by atoms with Crippen LogP contribution in [0.1, 0.15) is 25.8 Å². The fourth-order valence-electron chi connectivity index (χ4n) is 1.63. The van der Waals surface area contributed by atoms with Gasteiger partial charge in [0, 0.05) is 18.8 Å². The monoisotopic (exact) mass is 401 g/mol. The molecule has 2 heterocycles. The maximum absolute atomic E-state index is 13.8. The minimum Gasteiger partial charge on any atom is -0.442 e. The number of nitrogens with zero attached hydrogens (tertiary/aromatic N) is 3. The van der Waals surface area contributed by atoms with Crippen LogP contribution in [0, 0.1) is 5.95 Å². The second kappa shape index (κ2) is 6.92. The molecule has 23 heavy (non-hydrogen) atoms. The lowest BCUT2D eigenvalue weighted by Gasteiger charge is -2.30. The number of pyridine rings is 1. The molecule has 0 saturated heterocycles. The molecule has 0 bridgehead atoms. The Morgan fingerprint density at radius 1 is 1.48 bits per heavy atom. The lowest BCUT2D eigenvalue weighted by molar-refractivity contribution is 0.0759. The van der Waals surface area contributed by atoms with E-state index in [0.717, 1.165) is 0 Å². The maximum Gasteiger partial charge on any atom is 0.410 e. The highest BCUT2D eigenvalue weighted by Gasteiger charge is 2.24. The summed E-state index contributed by atoms with van der Waals surface area (Å²) in [6.07, 6.45) is 0.947. The number of ether oxygens (including phenoxy) is 1. The predicted octanol–water partition coefficient (Wildman–Crippen LogP) is 4.47. The maximum atomic E-state index is 13.8. The highest BCUT2D eigenvalue weighted by molar-refractivity contribution is 9.11. The third kappa shape index (κ3) is 4.26. The number of carbonyl (C=O) groups is 1. The Hall–Kier alpha value is -1.54. The molecule has 124 valence electrons. The fourth-order valence-corrected chi connectivity index (χ4v) is 3.20. The van der Waals surface area contributed by atoms with Gasteiger partial charge in [0.05, 0.1) is 9.35 Å². The van der Waals surface area contributed by atoms with Crippen LogP contribution >= 0.6 is 27.3 Å². The smallest absolute Gasteiger partial charge is 0.410 e. The number of rotatable bonds is 3. The van der Waals surface area contributed by atoms with Crippen LogP contribution in [0.3, 0.4) is 0 Å². The minimum atomic E-state index is -0.588. The Morgan fingerprint density at radius 3 is 2.78 bits per heavy atom. The van der Waals surface area contributed by atoms with E-state index < -0.39 is 12.0 Å². The van der Waals surface area contributed by atoms with Gasteiger partial charge in [0.15, 0.2) is 0 Å². The van der Waals surface area contributed by atoms with E-state index in [2.05, 4.69) is 25.9 Å². The molecule has 1 amide bonds. The largest absolute Gasteiger partial charge is 0.442 e. The Kier molecular flexibility index (Phi) is 5.36. The van der Waals surface area contributed by atoms with Gasteiger partial charge in [-0.15, -0.1) is 11.3 Å². The quantitative estimate of drug-likeness (QED) is 0.711. The molecule has 0 saturated carbocycles. The van der Waals surface area contributed by atoms with Gasteiger partial charge < -0.3 is 9.64 Å². The van der Waals surface area contributed by atoms with Gasteiger partial charge in [-0.1, -0.05) is 0 Å². The lowest BCUT2D eigenvalue weighted by atomic mass is 10.1.